The lowest BCUT2D eigenvalue weighted by atomic mass is 10.2. The molecule has 0 bridgehead atoms. The summed E-state index contributed by atoms with van der Waals surface area (Å²) in [5.41, 5.74) is 4.24. The molecular weight excluding hydrogens is 519 g/mol. The number of ether oxygens (including phenoxy) is 4. The van der Waals surface area contributed by atoms with E-state index >= 15 is 0 Å². The van der Waals surface area contributed by atoms with Crippen molar-refractivity contribution in [2.75, 3.05) is 20.3 Å². The number of amides is 1. The van der Waals surface area contributed by atoms with Crippen LogP contribution in [0.2, 0.25) is 0 Å². The number of halogens is 2. The van der Waals surface area contributed by atoms with Gasteiger partial charge in [0, 0.05) is 5.56 Å². The Morgan fingerprint density at radius 2 is 1.77 bits per heavy atom. The zero-order valence-corrected chi connectivity index (χ0v) is 21.2. The van der Waals surface area contributed by atoms with E-state index in [1.165, 1.54) is 25.5 Å². The number of rotatable bonds is 11. The summed E-state index contributed by atoms with van der Waals surface area (Å²) in [6.07, 6.45) is 1.49. The van der Waals surface area contributed by atoms with Gasteiger partial charge in [-0.25, -0.2) is 9.82 Å². The number of hydrazone groups is 1. The number of carbonyl (C=O) groups excluding carboxylic acids is 1. The maximum atomic E-state index is 13.4. The van der Waals surface area contributed by atoms with Crippen LogP contribution in [0.15, 0.2) is 64.2 Å². The van der Waals surface area contributed by atoms with E-state index in [9.17, 15) is 9.18 Å². The van der Waals surface area contributed by atoms with Gasteiger partial charge in [-0.3, -0.25) is 4.79 Å². The number of benzene rings is 3. The molecule has 3 aromatic rings. The van der Waals surface area contributed by atoms with Crippen LogP contribution < -0.4 is 24.4 Å². The normalized spacial score (nSPS) is 10.8. The largest absolute Gasteiger partial charge is 0.493 e. The second-order valence-corrected chi connectivity index (χ2v) is 8.03. The van der Waals surface area contributed by atoms with Crippen LogP contribution in [0.5, 0.6) is 23.0 Å². The molecule has 0 radical (unpaired) electrons. The Kier molecular flexibility index (Phi) is 9.48. The highest BCUT2D eigenvalue weighted by Crippen LogP contribution is 2.37. The minimum absolute atomic E-state index is 0.169. The molecule has 184 valence electrons. The quantitative estimate of drug-likeness (QED) is 0.246. The first kappa shape index (κ1) is 26.0. The molecule has 3 aromatic carbocycles. The van der Waals surface area contributed by atoms with Gasteiger partial charge >= 0.3 is 0 Å². The molecule has 0 unspecified atom stereocenters. The summed E-state index contributed by atoms with van der Waals surface area (Å²) >= 11 is 3.47. The fraction of sp³-hybridized carbons (Fsp3) is 0.231. The molecule has 3 rings (SSSR count). The predicted molar refractivity (Wildman–Crippen MR) is 135 cm³/mol. The molecule has 1 amide bonds. The lowest BCUT2D eigenvalue weighted by molar-refractivity contribution is 0.0954. The fourth-order valence-corrected chi connectivity index (χ4v) is 3.73. The number of methoxy groups -OCH3 is 1. The molecule has 0 saturated heterocycles. The fourth-order valence-electron chi connectivity index (χ4n) is 3.16. The summed E-state index contributed by atoms with van der Waals surface area (Å²) in [6.45, 7) is 4.84. The second kappa shape index (κ2) is 12.8. The molecule has 0 aromatic heterocycles. The number of nitrogens with one attached hydrogen (secondary N) is 1. The molecular formula is C26H26BrFN2O5. The van der Waals surface area contributed by atoms with E-state index in [4.69, 9.17) is 18.9 Å². The lowest BCUT2D eigenvalue weighted by Crippen LogP contribution is -2.17. The minimum Gasteiger partial charge on any atom is -0.493 e. The van der Waals surface area contributed by atoms with Crippen LogP contribution in [-0.4, -0.2) is 32.4 Å². The summed E-state index contributed by atoms with van der Waals surface area (Å²) < 4.78 is 36.4. The Hall–Kier alpha value is -3.59. The van der Waals surface area contributed by atoms with E-state index in [1.807, 2.05) is 13.8 Å². The Labute approximate surface area is 212 Å². The van der Waals surface area contributed by atoms with E-state index < -0.39 is 5.91 Å². The minimum atomic E-state index is -0.397. The van der Waals surface area contributed by atoms with Gasteiger partial charge in [-0.1, -0.05) is 12.1 Å². The van der Waals surface area contributed by atoms with Gasteiger partial charge in [-0.15, -0.1) is 0 Å². The van der Waals surface area contributed by atoms with Crippen molar-refractivity contribution in [1.29, 1.82) is 0 Å². The molecule has 0 aliphatic heterocycles. The Morgan fingerprint density at radius 3 is 2.49 bits per heavy atom. The van der Waals surface area contributed by atoms with E-state index in [0.29, 0.717) is 57.4 Å². The molecule has 0 aliphatic carbocycles. The topological polar surface area (TPSA) is 78.4 Å². The van der Waals surface area contributed by atoms with Crippen molar-refractivity contribution in [3.63, 3.8) is 0 Å². The van der Waals surface area contributed by atoms with Gasteiger partial charge in [0.25, 0.3) is 5.91 Å². The third-order valence-corrected chi connectivity index (χ3v) is 5.30. The average molecular weight is 545 g/mol. The molecule has 0 atom stereocenters. The van der Waals surface area contributed by atoms with Crippen molar-refractivity contribution in [3.8, 4) is 23.0 Å². The van der Waals surface area contributed by atoms with Crippen molar-refractivity contribution in [1.82, 2.24) is 5.43 Å². The zero-order valence-electron chi connectivity index (χ0n) is 19.6. The molecule has 0 heterocycles. The average Bonchev–Trinajstić information content (AvgIpc) is 2.84. The van der Waals surface area contributed by atoms with Gasteiger partial charge in [0.15, 0.2) is 23.0 Å². The molecule has 0 aliphatic rings. The summed E-state index contributed by atoms with van der Waals surface area (Å²) in [5, 5.41) is 4.05. The van der Waals surface area contributed by atoms with Crippen LogP contribution in [0, 0.1) is 5.82 Å². The van der Waals surface area contributed by atoms with E-state index in [1.54, 1.807) is 42.5 Å². The number of hydrogen-bond donors (Lipinski definition) is 1. The van der Waals surface area contributed by atoms with Crippen LogP contribution >= 0.6 is 15.9 Å². The first-order chi connectivity index (χ1) is 16.9. The van der Waals surface area contributed by atoms with Gasteiger partial charge in [0.05, 0.1) is 31.0 Å². The molecule has 9 heteroatoms. The predicted octanol–water partition coefficient (Wildman–Crippen LogP) is 5.74. The first-order valence-electron chi connectivity index (χ1n) is 10.9. The first-order valence-corrected chi connectivity index (χ1v) is 11.7. The second-order valence-electron chi connectivity index (χ2n) is 7.18. The highest BCUT2D eigenvalue weighted by Gasteiger charge is 2.13. The van der Waals surface area contributed by atoms with Crippen LogP contribution in [0.3, 0.4) is 0 Å². The third-order valence-electron chi connectivity index (χ3n) is 4.71. The summed E-state index contributed by atoms with van der Waals surface area (Å²) in [7, 11) is 1.52. The van der Waals surface area contributed by atoms with Crippen LogP contribution in [0.25, 0.3) is 0 Å². The zero-order chi connectivity index (χ0) is 25.2. The van der Waals surface area contributed by atoms with Crippen molar-refractivity contribution < 1.29 is 28.1 Å². The molecule has 35 heavy (non-hydrogen) atoms. The van der Waals surface area contributed by atoms with Crippen molar-refractivity contribution in [3.05, 3.63) is 81.6 Å². The van der Waals surface area contributed by atoms with Crippen molar-refractivity contribution >= 4 is 28.1 Å². The van der Waals surface area contributed by atoms with Gasteiger partial charge < -0.3 is 18.9 Å². The third kappa shape index (κ3) is 7.19. The van der Waals surface area contributed by atoms with E-state index in [-0.39, 0.29) is 12.4 Å². The highest BCUT2D eigenvalue weighted by molar-refractivity contribution is 9.10. The van der Waals surface area contributed by atoms with Crippen LogP contribution in [0.1, 0.15) is 35.3 Å². The maximum absolute atomic E-state index is 13.4. The monoisotopic (exact) mass is 544 g/mol. The molecule has 1 N–H and O–H groups in total. The number of nitrogens with zero attached hydrogens (tertiary/aromatic N) is 1. The van der Waals surface area contributed by atoms with Gasteiger partial charge in [0.1, 0.15) is 12.4 Å². The SMILES string of the molecule is CCOc1ccc(C(=O)N/N=C/c2cc(Br)c(OCc3cccc(F)c3)c(OC)c2)cc1OCC. The number of carbonyl (C=O) groups is 1. The van der Waals surface area contributed by atoms with E-state index in [2.05, 4.69) is 26.5 Å². The standard InChI is InChI=1S/C26H26BrFN2O5/c1-4-33-22-10-9-19(14-23(22)34-5-2)26(31)30-29-15-18-12-21(27)25(24(13-18)32-3)35-16-17-7-6-8-20(28)11-17/h6-15H,4-5,16H2,1-3H3,(H,30,31)/b29-15+. The summed E-state index contributed by atoms with van der Waals surface area (Å²) in [5.74, 6) is 1.27. The smallest absolute Gasteiger partial charge is 0.271 e. The van der Waals surface area contributed by atoms with Crippen LogP contribution in [-0.2, 0) is 6.61 Å². The Bertz CT molecular complexity index is 1200. The molecule has 7 nitrogen and oxygen atoms in total. The van der Waals surface area contributed by atoms with Gasteiger partial charge in [-0.2, -0.15) is 5.10 Å². The Morgan fingerprint density at radius 1 is 1.00 bits per heavy atom. The Balaban J connectivity index is 1.69. The molecule has 0 fully saturated rings. The summed E-state index contributed by atoms with van der Waals surface area (Å²) in [6, 6.07) is 14.6. The van der Waals surface area contributed by atoms with Gasteiger partial charge in [-0.05, 0) is 83.4 Å². The van der Waals surface area contributed by atoms with Crippen LogP contribution in [0.4, 0.5) is 4.39 Å². The highest BCUT2D eigenvalue weighted by atomic mass is 79.9. The van der Waals surface area contributed by atoms with Crippen molar-refractivity contribution in [2.24, 2.45) is 5.10 Å². The maximum Gasteiger partial charge on any atom is 0.271 e. The number of hydrogen-bond acceptors (Lipinski definition) is 6. The molecule has 0 spiro atoms. The summed E-state index contributed by atoms with van der Waals surface area (Å²) in [4.78, 5) is 12.5. The van der Waals surface area contributed by atoms with E-state index in [0.717, 1.165) is 0 Å². The van der Waals surface area contributed by atoms with Crippen molar-refractivity contribution in [2.45, 2.75) is 20.5 Å². The lowest BCUT2D eigenvalue weighted by Gasteiger charge is -2.13. The molecule has 0 saturated carbocycles. The van der Waals surface area contributed by atoms with Gasteiger partial charge in [0.2, 0.25) is 0 Å².